The van der Waals surface area contributed by atoms with Crippen LogP contribution in [0.2, 0.25) is 0 Å². The summed E-state index contributed by atoms with van der Waals surface area (Å²) < 4.78 is 86.4. The lowest BCUT2D eigenvalue weighted by atomic mass is 9.94. The van der Waals surface area contributed by atoms with Crippen molar-refractivity contribution in [3.05, 3.63) is 0 Å². The van der Waals surface area contributed by atoms with Crippen molar-refractivity contribution in [3.63, 3.8) is 0 Å². The quantitative estimate of drug-likeness (QED) is 0.304. The molecule has 4 rings (SSSR count). The molecule has 4 aliphatic rings. The second kappa shape index (κ2) is 13.8. The van der Waals surface area contributed by atoms with E-state index in [-0.39, 0.29) is 48.9 Å². The summed E-state index contributed by atoms with van der Waals surface area (Å²) in [6, 6.07) is 0. The van der Waals surface area contributed by atoms with Crippen LogP contribution in [0.5, 0.6) is 0 Å². The standard InChI is InChI=1S/2C7H12F2.C6H10F2.C6H11F.C6H14O/c2*1-5(2)6(3)4-7(6,8)9;1-4(2)5-3-6(5,7)8;1-5(2)6(7)3-4-6;1-5(2)6(3)4-7/h2*5H,4H2,1-3H3;4-5H,3H2,1-2H3;5H,3-4H2,1-2H3;5-7H,4H2,1-3H3. The van der Waals surface area contributed by atoms with E-state index in [0.717, 1.165) is 12.8 Å². The van der Waals surface area contributed by atoms with Gasteiger partial charge in [0.1, 0.15) is 5.67 Å². The van der Waals surface area contributed by atoms with Crippen molar-refractivity contribution >= 4 is 0 Å². The third-order valence-corrected chi connectivity index (χ3v) is 10.0. The molecular formula is C32H59F7O. The monoisotopic (exact) mass is 592 g/mol. The van der Waals surface area contributed by atoms with Crippen LogP contribution in [0, 0.1) is 52.3 Å². The average Bonchev–Trinajstić information content (AvgIpc) is 3.74. The maximum Gasteiger partial charge on any atom is 0.254 e. The van der Waals surface area contributed by atoms with E-state index in [0.29, 0.717) is 18.4 Å². The van der Waals surface area contributed by atoms with Gasteiger partial charge in [0.25, 0.3) is 17.8 Å². The molecule has 0 heterocycles. The Morgan fingerprint density at radius 3 is 0.925 bits per heavy atom. The van der Waals surface area contributed by atoms with Gasteiger partial charge in [0, 0.05) is 42.6 Å². The lowest BCUT2D eigenvalue weighted by molar-refractivity contribution is 0.0524. The molecule has 4 fully saturated rings. The molecular weight excluding hydrogens is 533 g/mol. The van der Waals surface area contributed by atoms with Crippen LogP contribution in [0.25, 0.3) is 0 Å². The lowest BCUT2D eigenvalue weighted by Gasteiger charge is -2.13. The molecule has 1 N–H and O–H groups in total. The second-order valence-corrected chi connectivity index (χ2v) is 14.8. The molecule has 0 aromatic rings. The molecule has 40 heavy (non-hydrogen) atoms. The zero-order valence-corrected chi connectivity index (χ0v) is 27.4. The van der Waals surface area contributed by atoms with Crippen LogP contribution in [0.4, 0.5) is 30.7 Å². The van der Waals surface area contributed by atoms with Gasteiger partial charge in [-0.3, -0.25) is 0 Å². The van der Waals surface area contributed by atoms with E-state index in [1.165, 1.54) is 0 Å². The number of halogens is 7. The molecule has 8 heteroatoms. The van der Waals surface area contributed by atoms with E-state index in [4.69, 9.17) is 5.11 Å². The van der Waals surface area contributed by atoms with E-state index >= 15 is 0 Å². The van der Waals surface area contributed by atoms with Gasteiger partial charge in [-0.15, -0.1) is 0 Å². The molecule has 4 atom stereocenters. The van der Waals surface area contributed by atoms with E-state index in [2.05, 4.69) is 13.8 Å². The van der Waals surface area contributed by atoms with Gasteiger partial charge in [-0.2, -0.15) is 0 Å². The Kier molecular flexibility index (Phi) is 13.7. The van der Waals surface area contributed by atoms with Crippen molar-refractivity contribution in [1.29, 1.82) is 0 Å². The van der Waals surface area contributed by atoms with E-state index < -0.39 is 34.3 Å². The minimum atomic E-state index is -2.37. The molecule has 1 nitrogen and oxygen atoms in total. The average molecular weight is 593 g/mol. The highest BCUT2D eigenvalue weighted by Crippen LogP contribution is 2.65. The van der Waals surface area contributed by atoms with Crippen LogP contribution in [0.1, 0.15) is 122 Å². The van der Waals surface area contributed by atoms with Crippen LogP contribution >= 0.6 is 0 Å². The van der Waals surface area contributed by atoms with Gasteiger partial charge in [0.05, 0.1) is 0 Å². The van der Waals surface area contributed by atoms with Crippen molar-refractivity contribution in [2.75, 3.05) is 6.61 Å². The molecule has 0 aromatic heterocycles. The summed E-state index contributed by atoms with van der Waals surface area (Å²) in [5.74, 6) is -5.69. The number of hydrogen-bond donors (Lipinski definition) is 1. The minimum Gasteiger partial charge on any atom is -0.396 e. The third-order valence-electron chi connectivity index (χ3n) is 10.0. The molecule has 4 unspecified atom stereocenters. The molecule has 0 saturated heterocycles. The Morgan fingerprint density at radius 1 is 0.625 bits per heavy atom. The first kappa shape index (κ1) is 39.5. The smallest absolute Gasteiger partial charge is 0.254 e. The fourth-order valence-corrected chi connectivity index (χ4v) is 3.95. The predicted molar refractivity (Wildman–Crippen MR) is 152 cm³/mol. The zero-order chi connectivity index (χ0) is 32.3. The fraction of sp³-hybridized carbons (Fsp3) is 1.00. The lowest BCUT2D eigenvalue weighted by Crippen LogP contribution is -2.13. The summed E-state index contributed by atoms with van der Waals surface area (Å²) in [5, 5.41) is 8.51. The number of aliphatic hydroxyl groups is 1. The van der Waals surface area contributed by atoms with Gasteiger partial charge >= 0.3 is 0 Å². The topological polar surface area (TPSA) is 20.2 Å². The highest BCUT2D eigenvalue weighted by molar-refractivity contribution is 5.09. The number of rotatable bonds is 6. The molecule has 0 bridgehead atoms. The molecule has 4 aliphatic carbocycles. The predicted octanol–water partition coefficient (Wildman–Crippen LogP) is 11.1. The van der Waals surface area contributed by atoms with Crippen LogP contribution in [-0.2, 0) is 0 Å². The van der Waals surface area contributed by atoms with Crippen molar-refractivity contribution in [2.45, 2.75) is 146 Å². The molecule has 4 saturated carbocycles. The summed E-state index contributed by atoms with van der Waals surface area (Å²) in [5.41, 5.74) is -2.12. The maximum atomic E-state index is 12.6. The largest absolute Gasteiger partial charge is 0.396 e. The first-order valence-electron chi connectivity index (χ1n) is 15.1. The van der Waals surface area contributed by atoms with Crippen LogP contribution < -0.4 is 0 Å². The number of alkyl halides is 7. The Hall–Kier alpha value is -0.530. The van der Waals surface area contributed by atoms with Gasteiger partial charge in [-0.05, 0) is 48.3 Å². The van der Waals surface area contributed by atoms with Gasteiger partial charge < -0.3 is 5.11 Å². The van der Waals surface area contributed by atoms with Gasteiger partial charge in [-0.1, -0.05) is 90.0 Å². The summed E-state index contributed by atoms with van der Waals surface area (Å²) in [6.45, 7) is 24.8. The van der Waals surface area contributed by atoms with Crippen LogP contribution in [0.3, 0.4) is 0 Å². The van der Waals surface area contributed by atoms with Crippen LogP contribution in [-0.4, -0.2) is 35.1 Å². The van der Waals surface area contributed by atoms with Crippen LogP contribution in [0.15, 0.2) is 0 Å². The van der Waals surface area contributed by atoms with Gasteiger partial charge in [0.15, 0.2) is 0 Å². The SMILES string of the molecule is CC(C)C(C)CO.CC(C)C1(C)CC1(F)F.CC(C)C1(C)CC1(F)F.CC(C)C1(F)CC1.CC(C)C1CC1(F)F. The highest BCUT2D eigenvalue weighted by atomic mass is 19.3. The van der Waals surface area contributed by atoms with Crippen molar-refractivity contribution in [2.24, 2.45) is 52.3 Å². The maximum absolute atomic E-state index is 12.6. The molecule has 0 aromatic carbocycles. The first-order valence-corrected chi connectivity index (χ1v) is 15.1. The van der Waals surface area contributed by atoms with E-state index in [1.807, 2.05) is 62.3 Å². The first-order chi connectivity index (χ1) is 17.7. The van der Waals surface area contributed by atoms with Crippen molar-refractivity contribution in [1.82, 2.24) is 0 Å². The van der Waals surface area contributed by atoms with E-state index in [1.54, 1.807) is 13.8 Å². The molecule has 0 spiro atoms. The third kappa shape index (κ3) is 10.9. The van der Waals surface area contributed by atoms with Crippen molar-refractivity contribution in [3.8, 4) is 0 Å². The molecule has 0 aliphatic heterocycles. The Labute approximate surface area is 240 Å². The minimum absolute atomic E-state index is 0.0810. The Balaban J connectivity index is 0.000000478. The second-order valence-electron chi connectivity index (χ2n) is 14.8. The highest BCUT2D eigenvalue weighted by Gasteiger charge is 2.69. The van der Waals surface area contributed by atoms with Crippen molar-refractivity contribution < 1.29 is 35.8 Å². The fourth-order valence-electron chi connectivity index (χ4n) is 3.95. The molecule has 0 radical (unpaired) electrons. The summed E-state index contributed by atoms with van der Waals surface area (Å²) in [6.07, 6.45) is 1.87. The normalized spacial score (nSPS) is 31.5. The summed E-state index contributed by atoms with van der Waals surface area (Å²) in [4.78, 5) is 0. The summed E-state index contributed by atoms with van der Waals surface area (Å²) in [7, 11) is 0. The van der Waals surface area contributed by atoms with Gasteiger partial charge in [0.2, 0.25) is 0 Å². The molecule has 0 amide bonds. The zero-order valence-electron chi connectivity index (χ0n) is 27.4. The Bertz CT molecular complexity index is 726. The Morgan fingerprint density at radius 2 is 0.925 bits per heavy atom. The van der Waals surface area contributed by atoms with Gasteiger partial charge in [-0.25, -0.2) is 30.7 Å². The number of aliphatic hydroxyl groups excluding tert-OH is 1. The van der Waals surface area contributed by atoms with E-state index in [9.17, 15) is 30.7 Å². The number of hydrogen-bond acceptors (Lipinski definition) is 1. The molecule has 242 valence electrons. The summed E-state index contributed by atoms with van der Waals surface area (Å²) >= 11 is 0.